The van der Waals surface area contributed by atoms with Crippen LogP contribution in [0.25, 0.3) is 0 Å². The van der Waals surface area contributed by atoms with Crippen LogP contribution in [0, 0.1) is 17.6 Å². The van der Waals surface area contributed by atoms with E-state index in [2.05, 4.69) is 5.32 Å². The summed E-state index contributed by atoms with van der Waals surface area (Å²) >= 11 is 0. The van der Waals surface area contributed by atoms with Gasteiger partial charge >= 0.3 is 5.97 Å². The highest BCUT2D eigenvalue weighted by Crippen LogP contribution is 2.44. The first kappa shape index (κ1) is 14.9. The molecule has 1 aromatic rings. The SMILES string of the molecule is O=C1C[C@H](C(=O)Nc2ccc(F)c(F)c2)C2(CCCCC2)O1. The van der Waals surface area contributed by atoms with Crippen LogP contribution in [0.2, 0.25) is 0 Å². The number of rotatable bonds is 2. The van der Waals surface area contributed by atoms with Crippen molar-refractivity contribution in [3.8, 4) is 0 Å². The Morgan fingerprint density at radius 2 is 1.91 bits per heavy atom. The number of hydrogen-bond donors (Lipinski definition) is 1. The molecular weight excluding hydrogens is 292 g/mol. The topological polar surface area (TPSA) is 55.4 Å². The quantitative estimate of drug-likeness (QED) is 0.854. The maximum atomic E-state index is 13.2. The molecule has 0 bridgehead atoms. The summed E-state index contributed by atoms with van der Waals surface area (Å²) in [6.45, 7) is 0. The van der Waals surface area contributed by atoms with Gasteiger partial charge < -0.3 is 10.1 Å². The predicted octanol–water partition coefficient (Wildman–Crippen LogP) is 3.17. The zero-order valence-electron chi connectivity index (χ0n) is 12.0. The third-order valence-electron chi connectivity index (χ3n) is 4.53. The molecule has 1 saturated heterocycles. The summed E-state index contributed by atoms with van der Waals surface area (Å²) in [5.74, 6) is -3.32. The second-order valence-electron chi connectivity index (χ2n) is 5.97. The first-order chi connectivity index (χ1) is 10.5. The highest BCUT2D eigenvalue weighted by atomic mass is 19.2. The van der Waals surface area contributed by atoms with Gasteiger partial charge in [0, 0.05) is 11.8 Å². The zero-order valence-corrected chi connectivity index (χ0v) is 12.0. The van der Waals surface area contributed by atoms with Gasteiger partial charge in [-0.15, -0.1) is 0 Å². The van der Waals surface area contributed by atoms with Crippen LogP contribution >= 0.6 is 0 Å². The first-order valence-electron chi connectivity index (χ1n) is 7.48. The molecule has 1 N–H and O–H groups in total. The van der Waals surface area contributed by atoms with E-state index in [1.54, 1.807) is 0 Å². The van der Waals surface area contributed by atoms with E-state index in [1.807, 2.05) is 0 Å². The van der Waals surface area contributed by atoms with Crippen molar-refractivity contribution in [2.24, 2.45) is 5.92 Å². The summed E-state index contributed by atoms with van der Waals surface area (Å²) in [4.78, 5) is 24.1. The van der Waals surface area contributed by atoms with Gasteiger partial charge in [-0.1, -0.05) is 6.42 Å². The van der Waals surface area contributed by atoms with Crippen molar-refractivity contribution < 1.29 is 23.1 Å². The second-order valence-corrected chi connectivity index (χ2v) is 5.97. The van der Waals surface area contributed by atoms with Crippen molar-refractivity contribution in [3.63, 3.8) is 0 Å². The van der Waals surface area contributed by atoms with Gasteiger partial charge in [0.25, 0.3) is 0 Å². The Morgan fingerprint density at radius 3 is 2.59 bits per heavy atom. The zero-order chi connectivity index (χ0) is 15.7. The van der Waals surface area contributed by atoms with E-state index in [4.69, 9.17) is 4.74 Å². The molecule has 6 heteroatoms. The molecule has 118 valence electrons. The summed E-state index contributed by atoms with van der Waals surface area (Å²) in [6, 6.07) is 3.18. The lowest BCUT2D eigenvalue weighted by molar-refractivity contribution is -0.153. The fourth-order valence-corrected chi connectivity index (χ4v) is 3.43. The van der Waals surface area contributed by atoms with Gasteiger partial charge in [-0.2, -0.15) is 0 Å². The van der Waals surface area contributed by atoms with Crippen LogP contribution in [-0.2, 0) is 14.3 Å². The lowest BCUT2D eigenvalue weighted by Crippen LogP contribution is -2.43. The number of halogens is 2. The van der Waals surface area contributed by atoms with Gasteiger partial charge in [0.05, 0.1) is 12.3 Å². The molecule has 3 rings (SSSR count). The average molecular weight is 309 g/mol. The Balaban J connectivity index is 1.78. The average Bonchev–Trinajstić information content (AvgIpc) is 2.80. The molecule has 1 aliphatic carbocycles. The molecule has 1 heterocycles. The van der Waals surface area contributed by atoms with Crippen LogP contribution in [-0.4, -0.2) is 17.5 Å². The number of carbonyl (C=O) groups excluding carboxylic acids is 2. The first-order valence-corrected chi connectivity index (χ1v) is 7.48. The minimum atomic E-state index is -1.02. The molecule has 1 aliphatic heterocycles. The molecule has 1 amide bonds. The standard InChI is InChI=1S/C16H17F2NO3/c17-12-5-4-10(8-13(12)18)19-15(21)11-9-14(20)22-16(11)6-2-1-3-7-16/h4-5,8,11H,1-3,6-7,9H2,(H,19,21)/t11-/m1/s1. The monoisotopic (exact) mass is 309 g/mol. The van der Waals surface area contributed by atoms with Crippen molar-refractivity contribution in [1.29, 1.82) is 0 Å². The Labute approximate surface area is 126 Å². The Hall–Kier alpha value is -1.98. The Kier molecular flexibility index (Phi) is 3.85. The molecule has 0 aromatic heterocycles. The number of anilines is 1. The van der Waals surface area contributed by atoms with Crippen molar-refractivity contribution >= 4 is 17.6 Å². The summed E-state index contributed by atoms with van der Waals surface area (Å²) in [7, 11) is 0. The van der Waals surface area contributed by atoms with Gasteiger partial charge in [-0.3, -0.25) is 9.59 Å². The summed E-state index contributed by atoms with van der Waals surface area (Å²) in [5.41, 5.74) is -0.549. The van der Waals surface area contributed by atoms with Gasteiger partial charge in [-0.25, -0.2) is 8.78 Å². The molecular formula is C16H17F2NO3. The lowest BCUT2D eigenvalue weighted by atomic mass is 9.75. The fraction of sp³-hybridized carbons (Fsp3) is 0.500. The molecule has 22 heavy (non-hydrogen) atoms. The lowest BCUT2D eigenvalue weighted by Gasteiger charge is -2.36. The van der Waals surface area contributed by atoms with E-state index in [0.29, 0.717) is 12.8 Å². The molecule has 1 atom stereocenters. The largest absolute Gasteiger partial charge is 0.458 e. The van der Waals surface area contributed by atoms with Crippen LogP contribution in [0.1, 0.15) is 38.5 Å². The van der Waals surface area contributed by atoms with E-state index in [9.17, 15) is 18.4 Å². The van der Waals surface area contributed by atoms with Gasteiger partial charge in [0.1, 0.15) is 5.60 Å². The van der Waals surface area contributed by atoms with Crippen molar-refractivity contribution in [1.82, 2.24) is 0 Å². The third kappa shape index (κ3) is 2.69. The third-order valence-corrected chi connectivity index (χ3v) is 4.53. The maximum absolute atomic E-state index is 13.2. The normalized spacial score (nSPS) is 23.4. The van der Waals surface area contributed by atoms with Crippen LogP contribution in [0.4, 0.5) is 14.5 Å². The molecule has 0 unspecified atom stereocenters. The van der Waals surface area contributed by atoms with E-state index in [1.165, 1.54) is 6.07 Å². The maximum Gasteiger partial charge on any atom is 0.307 e. The van der Waals surface area contributed by atoms with Gasteiger partial charge in [0.2, 0.25) is 5.91 Å². The predicted molar refractivity (Wildman–Crippen MR) is 75.0 cm³/mol. The highest BCUT2D eigenvalue weighted by molar-refractivity contribution is 5.97. The number of hydrogen-bond acceptors (Lipinski definition) is 3. The number of benzene rings is 1. The minimum Gasteiger partial charge on any atom is -0.458 e. The Bertz CT molecular complexity index is 611. The molecule has 1 spiro atoms. The molecule has 1 saturated carbocycles. The van der Waals surface area contributed by atoms with Crippen LogP contribution < -0.4 is 5.32 Å². The summed E-state index contributed by atoms with van der Waals surface area (Å²) < 4.78 is 31.6. The summed E-state index contributed by atoms with van der Waals surface area (Å²) in [6.07, 6.45) is 4.29. The minimum absolute atomic E-state index is 0.0372. The molecule has 4 nitrogen and oxygen atoms in total. The number of nitrogens with one attached hydrogen (secondary N) is 1. The molecule has 2 fully saturated rings. The van der Waals surface area contributed by atoms with Gasteiger partial charge in [-0.05, 0) is 37.8 Å². The smallest absolute Gasteiger partial charge is 0.307 e. The number of esters is 1. The van der Waals surface area contributed by atoms with E-state index in [-0.39, 0.29) is 24.0 Å². The number of ether oxygens (including phenoxy) is 1. The van der Waals surface area contributed by atoms with Crippen molar-refractivity contribution in [2.45, 2.75) is 44.1 Å². The number of carbonyl (C=O) groups is 2. The van der Waals surface area contributed by atoms with E-state index >= 15 is 0 Å². The fourth-order valence-electron chi connectivity index (χ4n) is 3.43. The van der Waals surface area contributed by atoms with Crippen LogP contribution in [0.5, 0.6) is 0 Å². The second kappa shape index (κ2) is 5.66. The molecule has 0 radical (unpaired) electrons. The van der Waals surface area contributed by atoms with Gasteiger partial charge in [0.15, 0.2) is 11.6 Å². The Morgan fingerprint density at radius 1 is 1.18 bits per heavy atom. The van der Waals surface area contributed by atoms with Crippen molar-refractivity contribution in [2.75, 3.05) is 5.32 Å². The van der Waals surface area contributed by atoms with E-state index in [0.717, 1.165) is 31.4 Å². The molecule has 1 aromatic carbocycles. The highest BCUT2D eigenvalue weighted by Gasteiger charge is 2.52. The van der Waals surface area contributed by atoms with Crippen molar-refractivity contribution in [3.05, 3.63) is 29.8 Å². The van der Waals surface area contributed by atoms with E-state index < -0.39 is 23.2 Å². The van der Waals surface area contributed by atoms with Crippen LogP contribution in [0.15, 0.2) is 18.2 Å². The molecule has 2 aliphatic rings. The summed E-state index contributed by atoms with van der Waals surface area (Å²) in [5, 5.41) is 2.57. The van der Waals surface area contributed by atoms with Crippen LogP contribution in [0.3, 0.4) is 0 Å². The number of amides is 1.